The number of hydrogen-bond donors (Lipinski definition) is 2. The van der Waals surface area contributed by atoms with Crippen LogP contribution in [0.3, 0.4) is 0 Å². The predicted molar refractivity (Wildman–Crippen MR) is 73.1 cm³/mol. The quantitative estimate of drug-likeness (QED) is 0.885. The fraction of sp³-hybridized carbons (Fsp3) is 0.462. The van der Waals surface area contributed by atoms with Gasteiger partial charge in [-0.05, 0) is 43.5 Å². The Kier molecular flexibility index (Phi) is 3.91. The van der Waals surface area contributed by atoms with Crippen LogP contribution in [-0.2, 0) is 14.8 Å². The number of hydrogen-bond acceptors (Lipinski definition) is 3. The smallest absolute Gasteiger partial charge is 0.238 e. The third-order valence-corrected chi connectivity index (χ3v) is 4.55. The van der Waals surface area contributed by atoms with Gasteiger partial charge in [0.15, 0.2) is 0 Å². The average Bonchev–Trinajstić information content (AvgIpc) is 2.80. The first-order valence-electron chi connectivity index (χ1n) is 6.32. The van der Waals surface area contributed by atoms with Crippen molar-refractivity contribution in [2.45, 2.75) is 37.5 Å². The van der Waals surface area contributed by atoms with Gasteiger partial charge in [-0.15, -0.1) is 0 Å². The van der Waals surface area contributed by atoms with E-state index >= 15 is 0 Å². The molecule has 0 bridgehead atoms. The highest BCUT2D eigenvalue weighted by Crippen LogP contribution is 2.26. The lowest BCUT2D eigenvalue weighted by molar-refractivity contribution is -0.119. The molecule has 104 valence electrons. The molecule has 1 aliphatic carbocycles. The molecule has 0 saturated heterocycles. The van der Waals surface area contributed by atoms with Crippen molar-refractivity contribution in [3.63, 3.8) is 0 Å². The number of benzene rings is 1. The Morgan fingerprint density at radius 3 is 2.47 bits per heavy atom. The highest BCUT2D eigenvalue weighted by Gasteiger charge is 2.22. The van der Waals surface area contributed by atoms with Crippen molar-refractivity contribution in [3.8, 4) is 0 Å². The molecule has 6 heteroatoms. The van der Waals surface area contributed by atoms with E-state index < -0.39 is 10.0 Å². The predicted octanol–water partition coefficient (Wildman–Crippen LogP) is 1.77. The second-order valence-corrected chi connectivity index (χ2v) is 6.53. The van der Waals surface area contributed by atoms with Crippen LogP contribution >= 0.6 is 0 Å². The standard InChI is InChI=1S/C13H18N2O3S/c1-9-8-11(6-7-12(9)19(14,17)18)15-13(16)10-4-2-3-5-10/h6-8,10H,2-5H2,1H3,(H,15,16)(H2,14,17,18). The van der Waals surface area contributed by atoms with E-state index in [-0.39, 0.29) is 16.7 Å². The van der Waals surface area contributed by atoms with E-state index in [0.29, 0.717) is 11.3 Å². The molecule has 0 radical (unpaired) electrons. The summed E-state index contributed by atoms with van der Waals surface area (Å²) in [6.45, 7) is 1.66. The fourth-order valence-electron chi connectivity index (χ4n) is 2.48. The number of aryl methyl sites for hydroxylation is 1. The number of carbonyl (C=O) groups is 1. The molecule has 0 heterocycles. The van der Waals surface area contributed by atoms with Gasteiger partial charge < -0.3 is 5.32 Å². The third-order valence-electron chi connectivity index (χ3n) is 3.47. The monoisotopic (exact) mass is 282 g/mol. The fourth-order valence-corrected chi connectivity index (χ4v) is 3.24. The van der Waals surface area contributed by atoms with Gasteiger partial charge in [0, 0.05) is 11.6 Å². The van der Waals surface area contributed by atoms with E-state index in [1.807, 2.05) is 0 Å². The van der Waals surface area contributed by atoms with E-state index in [4.69, 9.17) is 5.14 Å². The highest BCUT2D eigenvalue weighted by atomic mass is 32.2. The summed E-state index contributed by atoms with van der Waals surface area (Å²) in [6.07, 6.45) is 4.06. The molecule has 1 aromatic carbocycles. The lowest BCUT2D eigenvalue weighted by Gasteiger charge is -2.12. The second-order valence-electron chi connectivity index (χ2n) is 5.00. The Hall–Kier alpha value is -1.40. The molecule has 19 heavy (non-hydrogen) atoms. The SMILES string of the molecule is Cc1cc(NC(=O)C2CCCC2)ccc1S(N)(=O)=O. The summed E-state index contributed by atoms with van der Waals surface area (Å²) in [6, 6.07) is 4.63. The number of amides is 1. The number of nitrogens with one attached hydrogen (secondary N) is 1. The Labute approximate surface area is 113 Å². The summed E-state index contributed by atoms with van der Waals surface area (Å²) < 4.78 is 22.6. The largest absolute Gasteiger partial charge is 0.326 e. The summed E-state index contributed by atoms with van der Waals surface area (Å²) in [5.41, 5.74) is 1.15. The first-order valence-corrected chi connectivity index (χ1v) is 7.87. The minimum absolute atomic E-state index is 0.0141. The van der Waals surface area contributed by atoms with Crippen molar-refractivity contribution in [2.24, 2.45) is 11.1 Å². The summed E-state index contributed by atoms with van der Waals surface area (Å²) in [4.78, 5) is 12.0. The van der Waals surface area contributed by atoms with Crippen molar-refractivity contribution in [1.29, 1.82) is 0 Å². The van der Waals surface area contributed by atoms with Crippen molar-refractivity contribution < 1.29 is 13.2 Å². The normalized spacial score (nSPS) is 16.5. The Morgan fingerprint density at radius 1 is 1.32 bits per heavy atom. The van der Waals surface area contributed by atoms with Gasteiger partial charge in [-0.2, -0.15) is 0 Å². The zero-order chi connectivity index (χ0) is 14.0. The minimum atomic E-state index is -3.71. The maximum absolute atomic E-state index is 12.0. The van der Waals surface area contributed by atoms with Gasteiger partial charge in [-0.3, -0.25) is 4.79 Å². The molecule has 1 aromatic rings. The lowest BCUT2D eigenvalue weighted by atomic mass is 10.1. The van der Waals surface area contributed by atoms with Gasteiger partial charge in [0.2, 0.25) is 15.9 Å². The number of sulfonamides is 1. The molecule has 1 aliphatic rings. The average molecular weight is 282 g/mol. The molecule has 0 unspecified atom stereocenters. The van der Waals surface area contributed by atoms with Crippen LogP contribution in [0.4, 0.5) is 5.69 Å². The summed E-state index contributed by atoms with van der Waals surface area (Å²) in [7, 11) is -3.71. The number of nitrogens with two attached hydrogens (primary N) is 1. The topological polar surface area (TPSA) is 89.3 Å². The molecule has 0 atom stereocenters. The zero-order valence-corrected chi connectivity index (χ0v) is 11.7. The van der Waals surface area contributed by atoms with Gasteiger partial charge in [-0.1, -0.05) is 12.8 Å². The first-order chi connectivity index (χ1) is 8.88. The van der Waals surface area contributed by atoms with Gasteiger partial charge in [0.1, 0.15) is 0 Å². The van der Waals surface area contributed by atoms with Crippen LogP contribution in [0.1, 0.15) is 31.2 Å². The van der Waals surface area contributed by atoms with Crippen molar-refractivity contribution >= 4 is 21.6 Å². The van der Waals surface area contributed by atoms with Crippen LogP contribution in [0.2, 0.25) is 0 Å². The molecule has 1 fully saturated rings. The van der Waals surface area contributed by atoms with Gasteiger partial charge in [0.25, 0.3) is 0 Å². The summed E-state index contributed by atoms with van der Waals surface area (Å²) in [5, 5.41) is 7.92. The number of carbonyl (C=O) groups excluding carboxylic acids is 1. The van der Waals surface area contributed by atoms with Crippen LogP contribution in [0.15, 0.2) is 23.1 Å². The van der Waals surface area contributed by atoms with Crippen LogP contribution in [0.5, 0.6) is 0 Å². The van der Waals surface area contributed by atoms with E-state index in [1.54, 1.807) is 19.1 Å². The molecular weight excluding hydrogens is 264 g/mol. The van der Waals surface area contributed by atoms with Gasteiger partial charge in [-0.25, -0.2) is 13.6 Å². The minimum Gasteiger partial charge on any atom is -0.326 e. The van der Waals surface area contributed by atoms with Crippen LogP contribution in [0.25, 0.3) is 0 Å². The molecule has 0 spiro atoms. The summed E-state index contributed by atoms with van der Waals surface area (Å²) >= 11 is 0. The molecule has 5 nitrogen and oxygen atoms in total. The van der Waals surface area contributed by atoms with Gasteiger partial charge >= 0.3 is 0 Å². The second kappa shape index (κ2) is 5.30. The van der Waals surface area contributed by atoms with Crippen LogP contribution in [-0.4, -0.2) is 14.3 Å². The van der Waals surface area contributed by atoms with Gasteiger partial charge in [0.05, 0.1) is 4.90 Å². The van der Waals surface area contributed by atoms with Crippen LogP contribution in [0, 0.1) is 12.8 Å². The molecule has 3 N–H and O–H groups in total. The number of anilines is 1. The molecule has 2 rings (SSSR count). The maximum atomic E-state index is 12.0. The maximum Gasteiger partial charge on any atom is 0.238 e. The van der Waals surface area contributed by atoms with E-state index in [1.165, 1.54) is 6.07 Å². The Bertz CT molecular complexity index is 590. The number of rotatable bonds is 3. The number of primary sulfonamides is 1. The molecule has 1 amide bonds. The zero-order valence-electron chi connectivity index (χ0n) is 10.8. The molecule has 1 saturated carbocycles. The lowest BCUT2D eigenvalue weighted by Crippen LogP contribution is -2.20. The van der Waals surface area contributed by atoms with Crippen molar-refractivity contribution in [1.82, 2.24) is 0 Å². The first kappa shape index (κ1) is 14.0. The van der Waals surface area contributed by atoms with Crippen LogP contribution < -0.4 is 10.5 Å². The van der Waals surface area contributed by atoms with E-state index in [0.717, 1.165) is 25.7 Å². The third kappa shape index (κ3) is 3.33. The Morgan fingerprint density at radius 2 is 1.95 bits per heavy atom. The van der Waals surface area contributed by atoms with Crippen molar-refractivity contribution in [2.75, 3.05) is 5.32 Å². The molecule has 0 aromatic heterocycles. The Balaban J connectivity index is 2.14. The van der Waals surface area contributed by atoms with E-state index in [9.17, 15) is 13.2 Å². The summed E-state index contributed by atoms with van der Waals surface area (Å²) in [5.74, 6) is 0.0958. The van der Waals surface area contributed by atoms with E-state index in [2.05, 4.69) is 5.32 Å². The van der Waals surface area contributed by atoms with Crippen molar-refractivity contribution in [3.05, 3.63) is 23.8 Å². The molecule has 0 aliphatic heterocycles. The molecular formula is C13H18N2O3S. The highest BCUT2D eigenvalue weighted by molar-refractivity contribution is 7.89.